The summed E-state index contributed by atoms with van der Waals surface area (Å²) in [5, 5.41) is 1.32. The van der Waals surface area contributed by atoms with E-state index < -0.39 is 0 Å². The van der Waals surface area contributed by atoms with E-state index in [2.05, 4.69) is 91.2 Å². The lowest BCUT2D eigenvalue weighted by molar-refractivity contribution is -0.873. The van der Waals surface area contributed by atoms with Gasteiger partial charge in [-0.05, 0) is 17.5 Å². The van der Waals surface area contributed by atoms with E-state index >= 15 is 0 Å². The monoisotopic (exact) mass is 481 g/mol. The van der Waals surface area contributed by atoms with Crippen molar-refractivity contribution in [1.29, 1.82) is 0 Å². The SMILES string of the molecule is C[N+](C)(C)CCC[n+]1ccccc1CCn1ccc2ccccc21.[Br-].[Br-]. The molecule has 0 unspecified atom stereocenters. The molecule has 142 valence electrons. The molecule has 3 aromatic rings. The smallest absolute Gasteiger partial charge is 0.183 e. The molecule has 0 bridgehead atoms. The second-order valence-corrected chi connectivity index (χ2v) is 7.57. The van der Waals surface area contributed by atoms with Gasteiger partial charge in [0, 0.05) is 30.4 Å². The maximum atomic E-state index is 2.42. The van der Waals surface area contributed by atoms with E-state index in [1.54, 1.807) is 0 Å². The number of fused-ring (bicyclic) bond motifs is 1. The Morgan fingerprint density at radius 2 is 1.65 bits per heavy atom. The minimum atomic E-state index is 0. The zero-order valence-corrected chi connectivity index (χ0v) is 19.1. The number of hydrogen-bond acceptors (Lipinski definition) is 0. The lowest BCUT2D eigenvalue weighted by atomic mass is 10.2. The van der Waals surface area contributed by atoms with Crippen molar-refractivity contribution in [2.75, 3.05) is 27.7 Å². The van der Waals surface area contributed by atoms with Gasteiger partial charge < -0.3 is 43.0 Å². The van der Waals surface area contributed by atoms with E-state index in [9.17, 15) is 0 Å². The summed E-state index contributed by atoms with van der Waals surface area (Å²) in [5.74, 6) is 0. The van der Waals surface area contributed by atoms with Crippen molar-refractivity contribution in [2.24, 2.45) is 0 Å². The van der Waals surface area contributed by atoms with E-state index in [1.165, 1.54) is 29.6 Å². The van der Waals surface area contributed by atoms with Crippen LogP contribution in [0.1, 0.15) is 12.1 Å². The van der Waals surface area contributed by atoms with Crippen LogP contribution in [0.4, 0.5) is 0 Å². The lowest BCUT2D eigenvalue weighted by Crippen LogP contribution is -3.00. The topological polar surface area (TPSA) is 8.81 Å². The first-order valence-electron chi connectivity index (χ1n) is 8.85. The third-order valence-corrected chi connectivity index (χ3v) is 4.55. The fraction of sp³-hybridized carbons (Fsp3) is 0.381. The number of aryl methyl sites for hydroxylation is 3. The fourth-order valence-corrected chi connectivity index (χ4v) is 3.24. The minimum Gasteiger partial charge on any atom is -1.00 e. The van der Waals surface area contributed by atoms with Crippen LogP contribution in [0.2, 0.25) is 0 Å². The van der Waals surface area contributed by atoms with E-state index in [1.807, 2.05) is 0 Å². The molecular formula is C21H29Br2N3. The molecule has 0 atom stereocenters. The third kappa shape index (κ3) is 6.22. The molecule has 1 aromatic carbocycles. The molecule has 0 aliphatic carbocycles. The lowest BCUT2D eigenvalue weighted by Gasteiger charge is -2.23. The Bertz CT molecular complexity index is 806. The Balaban J connectivity index is 0.00000169. The normalized spacial score (nSPS) is 11.0. The Labute approximate surface area is 178 Å². The van der Waals surface area contributed by atoms with Crippen molar-refractivity contribution in [2.45, 2.75) is 25.9 Å². The third-order valence-electron chi connectivity index (χ3n) is 4.55. The largest absolute Gasteiger partial charge is 1.00 e. The molecule has 0 fully saturated rings. The van der Waals surface area contributed by atoms with Crippen LogP contribution in [0, 0.1) is 0 Å². The molecule has 5 heteroatoms. The first-order chi connectivity index (χ1) is 11.5. The molecule has 0 saturated carbocycles. The second-order valence-electron chi connectivity index (χ2n) is 7.57. The summed E-state index contributed by atoms with van der Waals surface area (Å²) in [6.07, 6.45) is 6.69. The summed E-state index contributed by atoms with van der Waals surface area (Å²) >= 11 is 0. The maximum Gasteiger partial charge on any atom is 0.183 e. The van der Waals surface area contributed by atoms with Crippen LogP contribution < -0.4 is 38.5 Å². The Kier molecular flexibility index (Phi) is 9.01. The van der Waals surface area contributed by atoms with Crippen molar-refractivity contribution >= 4 is 10.9 Å². The van der Waals surface area contributed by atoms with Crippen LogP contribution in [-0.2, 0) is 19.5 Å². The van der Waals surface area contributed by atoms with Gasteiger partial charge in [-0.25, -0.2) is 4.57 Å². The Morgan fingerprint density at radius 1 is 0.923 bits per heavy atom. The molecule has 0 radical (unpaired) electrons. The van der Waals surface area contributed by atoms with Gasteiger partial charge in [0.2, 0.25) is 0 Å². The number of benzene rings is 1. The highest BCUT2D eigenvalue weighted by Gasteiger charge is 2.13. The summed E-state index contributed by atoms with van der Waals surface area (Å²) in [7, 11) is 6.77. The molecule has 2 heterocycles. The average molecular weight is 483 g/mol. The molecule has 0 spiro atoms. The van der Waals surface area contributed by atoms with E-state index in [4.69, 9.17) is 0 Å². The molecule has 0 aliphatic rings. The second kappa shape index (κ2) is 10.2. The number of aromatic nitrogens is 2. The minimum absolute atomic E-state index is 0. The van der Waals surface area contributed by atoms with E-state index in [0.717, 1.165) is 24.0 Å². The molecule has 0 aliphatic heterocycles. The summed E-state index contributed by atoms with van der Waals surface area (Å²) in [5.41, 5.74) is 2.74. The highest BCUT2D eigenvalue weighted by atomic mass is 79.9. The average Bonchev–Trinajstić information content (AvgIpc) is 2.96. The van der Waals surface area contributed by atoms with Gasteiger partial charge in [0.1, 0.15) is 0 Å². The van der Waals surface area contributed by atoms with Gasteiger partial charge in [-0.1, -0.05) is 24.3 Å². The number of nitrogens with zero attached hydrogens (tertiary/aromatic N) is 3. The van der Waals surface area contributed by atoms with Crippen LogP contribution >= 0.6 is 0 Å². The van der Waals surface area contributed by atoms with Crippen LogP contribution in [0.3, 0.4) is 0 Å². The standard InChI is InChI=1S/C21H29N3.2BrH/c1-24(2,3)18-8-15-22-14-7-6-10-20(22)13-17-23-16-12-19-9-4-5-11-21(19)23;;/h4-7,9-12,14,16H,8,13,15,17-18H2,1-3H3;2*1H/q+2;;/p-2. The predicted octanol–water partition coefficient (Wildman–Crippen LogP) is -2.72. The van der Waals surface area contributed by atoms with Gasteiger partial charge in [0.05, 0.1) is 40.5 Å². The van der Waals surface area contributed by atoms with Gasteiger partial charge in [-0.2, -0.15) is 0 Å². The van der Waals surface area contributed by atoms with E-state index in [0.29, 0.717) is 0 Å². The number of quaternary nitrogens is 1. The Morgan fingerprint density at radius 3 is 2.42 bits per heavy atom. The highest BCUT2D eigenvalue weighted by molar-refractivity contribution is 5.79. The van der Waals surface area contributed by atoms with E-state index in [-0.39, 0.29) is 34.0 Å². The molecule has 3 nitrogen and oxygen atoms in total. The molecular weight excluding hydrogens is 454 g/mol. The van der Waals surface area contributed by atoms with Crippen LogP contribution in [0.5, 0.6) is 0 Å². The predicted molar refractivity (Wildman–Crippen MR) is 99.8 cm³/mol. The van der Waals surface area contributed by atoms with Crippen molar-refractivity contribution in [3.63, 3.8) is 0 Å². The quantitative estimate of drug-likeness (QED) is 0.255. The number of para-hydroxylation sites is 1. The summed E-state index contributed by atoms with van der Waals surface area (Å²) in [6.45, 7) is 3.31. The Hall–Kier alpha value is -1.17. The molecule has 0 saturated heterocycles. The molecule has 26 heavy (non-hydrogen) atoms. The zero-order chi connectivity index (χ0) is 17.0. The van der Waals surface area contributed by atoms with Gasteiger partial charge in [-0.15, -0.1) is 0 Å². The molecule has 0 N–H and O–H groups in total. The van der Waals surface area contributed by atoms with Crippen molar-refractivity contribution < 1.29 is 43.0 Å². The summed E-state index contributed by atoms with van der Waals surface area (Å²) in [6, 6.07) is 17.4. The zero-order valence-electron chi connectivity index (χ0n) is 15.9. The maximum absolute atomic E-state index is 2.42. The number of halogens is 2. The first-order valence-corrected chi connectivity index (χ1v) is 8.85. The summed E-state index contributed by atoms with van der Waals surface area (Å²) < 4.78 is 5.80. The molecule has 0 amide bonds. The fourth-order valence-electron chi connectivity index (χ4n) is 3.24. The van der Waals surface area contributed by atoms with Gasteiger partial charge >= 0.3 is 0 Å². The first kappa shape index (κ1) is 22.9. The van der Waals surface area contributed by atoms with Crippen LogP contribution in [-0.4, -0.2) is 36.7 Å². The number of rotatable bonds is 7. The van der Waals surface area contributed by atoms with Crippen LogP contribution in [0.15, 0.2) is 60.9 Å². The van der Waals surface area contributed by atoms with Crippen LogP contribution in [0.25, 0.3) is 10.9 Å². The molecule has 2 aromatic heterocycles. The van der Waals surface area contributed by atoms with Gasteiger partial charge in [0.15, 0.2) is 18.4 Å². The molecule has 3 rings (SSSR count). The van der Waals surface area contributed by atoms with Gasteiger partial charge in [0.25, 0.3) is 0 Å². The summed E-state index contributed by atoms with van der Waals surface area (Å²) in [4.78, 5) is 0. The van der Waals surface area contributed by atoms with Crippen molar-refractivity contribution in [3.8, 4) is 0 Å². The van der Waals surface area contributed by atoms with Gasteiger partial charge in [-0.3, -0.25) is 0 Å². The number of hydrogen-bond donors (Lipinski definition) is 0. The highest BCUT2D eigenvalue weighted by Crippen LogP contribution is 2.15. The van der Waals surface area contributed by atoms with Crippen molar-refractivity contribution in [1.82, 2.24) is 4.57 Å². The van der Waals surface area contributed by atoms with Crippen molar-refractivity contribution in [3.05, 3.63) is 66.6 Å². The number of pyridine rings is 1.